The first-order valence-electron chi connectivity index (χ1n) is 8.27. The number of amides is 1. The minimum absolute atomic E-state index is 0.0288. The molecule has 0 fully saturated rings. The smallest absolute Gasteiger partial charge is 0.225 e. The molecule has 3 heterocycles. The third-order valence-electron chi connectivity index (χ3n) is 4.73. The van der Waals surface area contributed by atoms with Gasteiger partial charge in [-0.25, -0.2) is 0 Å². The summed E-state index contributed by atoms with van der Waals surface area (Å²) in [7, 11) is 1.60. The molecule has 5 rings (SSSR count). The van der Waals surface area contributed by atoms with Gasteiger partial charge in [-0.1, -0.05) is 0 Å². The fourth-order valence-electron chi connectivity index (χ4n) is 3.60. The van der Waals surface area contributed by atoms with Crippen LogP contribution in [0, 0.1) is 0 Å². The third-order valence-corrected chi connectivity index (χ3v) is 5.27. The average Bonchev–Trinajstić information content (AvgIpc) is 3.15. The number of ether oxygens (including phenoxy) is 3. The molecule has 26 heavy (non-hydrogen) atoms. The number of nitrogens with one attached hydrogen (secondary N) is 1. The van der Waals surface area contributed by atoms with Gasteiger partial charge in [-0.2, -0.15) is 8.75 Å². The van der Waals surface area contributed by atoms with Crippen LogP contribution in [-0.4, -0.2) is 35.0 Å². The quantitative estimate of drug-likeness (QED) is 0.748. The molecule has 1 aromatic heterocycles. The van der Waals surface area contributed by atoms with Crippen molar-refractivity contribution in [1.82, 2.24) is 8.75 Å². The minimum Gasteiger partial charge on any atom is -0.493 e. The SMILES string of the molecule is COc1cc(C2CC(=O)Nc3ccc4nsnc4c32)cc2c1OCCO2. The van der Waals surface area contributed by atoms with Gasteiger partial charge < -0.3 is 19.5 Å². The van der Waals surface area contributed by atoms with E-state index < -0.39 is 0 Å². The number of rotatable bonds is 2. The summed E-state index contributed by atoms with van der Waals surface area (Å²) in [5.74, 6) is 1.67. The van der Waals surface area contributed by atoms with Crippen LogP contribution >= 0.6 is 11.7 Å². The molecule has 1 unspecified atom stereocenters. The highest BCUT2D eigenvalue weighted by Gasteiger charge is 2.31. The highest BCUT2D eigenvalue weighted by Crippen LogP contribution is 2.47. The predicted molar refractivity (Wildman–Crippen MR) is 96.5 cm³/mol. The van der Waals surface area contributed by atoms with Gasteiger partial charge in [-0.15, -0.1) is 0 Å². The van der Waals surface area contributed by atoms with Crippen LogP contribution in [0.5, 0.6) is 17.2 Å². The summed E-state index contributed by atoms with van der Waals surface area (Å²) in [5, 5.41) is 2.94. The number of hydrogen-bond donors (Lipinski definition) is 1. The molecular weight excluding hydrogens is 354 g/mol. The molecule has 2 aliphatic heterocycles. The number of methoxy groups -OCH3 is 1. The van der Waals surface area contributed by atoms with E-state index in [-0.39, 0.29) is 11.8 Å². The summed E-state index contributed by atoms with van der Waals surface area (Å²) in [5.41, 5.74) is 4.35. The predicted octanol–water partition coefficient (Wildman–Crippen LogP) is 2.95. The normalized spacial score (nSPS) is 18.3. The van der Waals surface area contributed by atoms with Crippen LogP contribution in [-0.2, 0) is 4.79 Å². The Morgan fingerprint density at radius 2 is 2.12 bits per heavy atom. The number of nitrogens with zero attached hydrogens (tertiary/aromatic N) is 2. The summed E-state index contributed by atoms with van der Waals surface area (Å²) in [6.45, 7) is 0.976. The van der Waals surface area contributed by atoms with E-state index >= 15 is 0 Å². The molecule has 0 spiro atoms. The van der Waals surface area contributed by atoms with Crippen LogP contribution in [0.1, 0.15) is 23.5 Å². The summed E-state index contributed by atoms with van der Waals surface area (Å²) in [6, 6.07) is 7.62. The molecule has 8 heteroatoms. The first kappa shape index (κ1) is 15.4. The Hall–Kier alpha value is -2.87. The van der Waals surface area contributed by atoms with Crippen LogP contribution in [0.3, 0.4) is 0 Å². The number of carbonyl (C=O) groups is 1. The molecule has 7 nitrogen and oxygen atoms in total. The van der Waals surface area contributed by atoms with E-state index in [1.807, 2.05) is 24.3 Å². The van der Waals surface area contributed by atoms with Crippen LogP contribution in [0.4, 0.5) is 5.69 Å². The molecule has 2 aromatic carbocycles. The van der Waals surface area contributed by atoms with Crippen molar-refractivity contribution in [1.29, 1.82) is 0 Å². The minimum atomic E-state index is -0.156. The van der Waals surface area contributed by atoms with Crippen molar-refractivity contribution in [2.75, 3.05) is 25.6 Å². The fraction of sp³-hybridized carbons (Fsp3) is 0.278. The van der Waals surface area contributed by atoms with Crippen LogP contribution in [0.25, 0.3) is 11.0 Å². The molecule has 0 radical (unpaired) electrons. The van der Waals surface area contributed by atoms with Gasteiger partial charge in [0.2, 0.25) is 11.7 Å². The van der Waals surface area contributed by atoms with Crippen molar-refractivity contribution in [3.63, 3.8) is 0 Å². The van der Waals surface area contributed by atoms with E-state index in [1.54, 1.807) is 7.11 Å². The van der Waals surface area contributed by atoms with Crippen molar-refractivity contribution >= 4 is 34.4 Å². The number of carbonyl (C=O) groups excluding carboxylic acids is 1. The second-order valence-corrected chi connectivity index (χ2v) is 6.74. The van der Waals surface area contributed by atoms with Gasteiger partial charge >= 0.3 is 0 Å². The zero-order valence-electron chi connectivity index (χ0n) is 13.9. The van der Waals surface area contributed by atoms with Crippen molar-refractivity contribution in [2.45, 2.75) is 12.3 Å². The number of anilines is 1. The molecule has 0 saturated carbocycles. The number of aromatic nitrogens is 2. The van der Waals surface area contributed by atoms with E-state index in [1.165, 1.54) is 11.7 Å². The van der Waals surface area contributed by atoms with E-state index in [0.717, 1.165) is 27.8 Å². The average molecular weight is 369 g/mol. The highest BCUT2D eigenvalue weighted by molar-refractivity contribution is 7.00. The standard InChI is InChI=1S/C18H15N3O4S/c1-23-13-6-9(7-14-18(13)25-5-4-24-14)10-8-15(22)19-11-2-3-12-17(16(10)11)21-26-20-12/h2-3,6-7,10H,4-5,8H2,1H3,(H,19,22). The molecule has 1 N–H and O–H groups in total. The lowest BCUT2D eigenvalue weighted by molar-refractivity contribution is -0.116. The van der Waals surface area contributed by atoms with Gasteiger partial charge in [0.1, 0.15) is 24.2 Å². The summed E-state index contributed by atoms with van der Waals surface area (Å²) in [6.07, 6.45) is 0.326. The summed E-state index contributed by atoms with van der Waals surface area (Å²) < 4.78 is 25.7. The summed E-state index contributed by atoms with van der Waals surface area (Å²) >= 11 is 1.17. The maximum atomic E-state index is 12.3. The lowest BCUT2D eigenvalue weighted by atomic mass is 9.83. The Morgan fingerprint density at radius 1 is 1.23 bits per heavy atom. The lowest BCUT2D eigenvalue weighted by Gasteiger charge is -2.28. The molecule has 0 saturated heterocycles. The van der Waals surface area contributed by atoms with Crippen molar-refractivity contribution in [3.8, 4) is 17.2 Å². The Morgan fingerprint density at radius 3 is 3.00 bits per heavy atom. The molecular formula is C18H15N3O4S. The number of fused-ring (bicyclic) bond motifs is 4. The molecule has 132 valence electrons. The highest BCUT2D eigenvalue weighted by atomic mass is 32.1. The van der Waals surface area contributed by atoms with Crippen molar-refractivity contribution in [3.05, 3.63) is 35.4 Å². The second-order valence-electron chi connectivity index (χ2n) is 6.21. The van der Waals surface area contributed by atoms with Crippen molar-refractivity contribution in [2.24, 2.45) is 0 Å². The molecule has 0 bridgehead atoms. The van der Waals surface area contributed by atoms with E-state index in [9.17, 15) is 4.79 Å². The maximum absolute atomic E-state index is 12.3. The van der Waals surface area contributed by atoms with Crippen LogP contribution in [0.2, 0.25) is 0 Å². The molecule has 1 atom stereocenters. The Kier molecular flexibility index (Phi) is 3.46. The first-order valence-corrected chi connectivity index (χ1v) is 9.00. The maximum Gasteiger partial charge on any atom is 0.225 e. The zero-order chi connectivity index (χ0) is 17.7. The number of benzene rings is 2. The van der Waals surface area contributed by atoms with Crippen molar-refractivity contribution < 1.29 is 19.0 Å². The Bertz CT molecular complexity index is 1020. The van der Waals surface area contributed by atoms with E-state index in [2.05, 4.69) is 14.1 Å². The monoisotopic (exact) mass is 369 g/mol. The van der Waals surface area contributed by atoms with Gasteiger partial charge in [0.05, 0.1) is 18.8 Å². The Labute approximate surface area is 153 Å². The van der Waals surface area contributed by atoms with Gasteiger partial charge in [-0.05, 0) is 29.8 Å². The second kappa shape index (κ2) is 5.84. The Balaban J connectivity index is 1.72. The van der Waals surface area contributed by atoms with Crippen LogP contribution in [0.15, 0.2) is 24.3 Å². The topological polar surface area (TPSA) is 82.6 Å². The first-order chi connectivity index (χ1) is 12.7. The van der Waals surface area contributed by atoms with E-state index in [0.29, 0.717) is 36.9 Å². The third kappa shape index (κ3) is 2.29. The number of hydrogen-bond acceptors (Lipinski definition) is 7. The molecule has 1 amide bonds. The van der Waals surface area contributed by atoms with Gasteiger partial charge in [0, 0.05) is 23.6 Å². The van der Waals surface area contributed by atoms with Gasteiger partial charge in [0.15, 0.2) is 11.5 Å². The molecule has 0 aliphatic carbocycles. The van der Waals surface area contributed by atoms with Crippen LogP contribution < -0.4 is 19.5 Å². The van der Waals surface area contributed by atoms with Gasteiger partial charge in [0.25, 0.3) is 0 Å². The summed E-state index contributed by atoms with van der Waals surface area (Å²) in [4.78, 5) is 12.3. The molecule has 3 aromatic rings. The largest absolute Gasteiger partial charge is 0.493 e. The fourth-order valence-corrected chi connectivity index (χ4v) is 4.15. The zero-order valence-corrected chi connectivity index (χ0v) is 14.8. The molecule has 2 aliphatic rings. The van der Waals surface area contributed by atoms with Gasteiger partial charge in [-0.3, -0.25) is 4.79 Å². The lowest BCUT2D eigenvalue weighted by Crippen LogP contribution is -2.24. The van der Waals surface area contributed by atoms with E-state index in [4.69, 9.17) is 14.2 Å².